The van der Waals surface area contributed by atoms with Gasteiger partial charge in [-0.05, 0) is 62.6 Å². The Hall–Kier alpha value is -4.03. The number of hydrogen-bond donors (Lipinski definition) is 1. The van der Waals surface area contributed by atoms with Crippen LogP contribution in [0.15, 0.2) is 30.6 Å². The molecule has 4 rings (SSSR count). The number of esters is 2. The summed E-state index contributed by atoms with van der Waals surface area (Å²) in [5, 5.41) is 16.9. The fourth-order valence-corrected chi connectivity index (χ4v) is 3.93. The summed E-state index contributed by atoms with van der Waals surface area (Å²) in [5.41, 5.74) is 5.99. The highest BCUT2D eigenvalue weighted by atomic mass is 16.5. The zero-order valence-electron chi connectivity index (χ0n) is 19.3. The Balaban J connectivity index is 1.48. The first-order chi connectivity index (χ1) is 16.4. The lowest BCUT2D eigenvalue weighted by atomic mass is 9.97. The molecule has 3 heterocycles. The first-order valence-electron chi connectivity index (χ1n) is 11.0. The summed E-state index contributed by atoms with van der Waals surface area (Å²) < 4.78 is 11.8. The topological polar surface area (TPSA) is 119 Å². The molecular weight excluding hydrogens is 434 g/mol. The third-order valence-electron chi connectivity index (χ3n) is 5.88. The van der Waals surface area contributed by atoms with Gasteiger partial charge in [0.2, 0.25) is 0 Å². The van der Waals surface area contributed by atoms with Crippen LogP contribution in [-0.2, 0) is 29.0 Å². The number of rotatable bonds is 8. The van der Waals surface area contributed by atoms with Gasteiger partial charge in [0.05, 0.1) is 17.7 Å². The summed E-state index contributed by atoms with van der Waals surface area (Å²) in [6.45, 7) is 7.22. The van der Waals surface area contributed by atoms with Crippen LogP contribution in [0.3, 0.4) is 0 Å². The number of benzene rings is 1. The van der Waals surface area contributed by atoms with Gasteiger partial charge in [-0.3, -0.25) is 0 Å². The molecule has 0 saturated heterocycles. The van der Waals surface area contributed by atoms with Crippen LogP contribution < -0.4 is 5.32 Å². The minimum absolute atomic E-state index is 0.225. The normalized spacial score (nSPS) is 12.2. The van der Waals surface area contributed by atoms with Gasteiger partial charge in [0.15, 0.2) is 11.5 Å². The molecule has 0 saturated carbocycles. The Morgan fingerprint density at radius 1 is 1.32 bits per heavy atom. The summed E-state index contributed by atoms with van der Waals surface area (Å²) in [5.74, 6) is -0.250. The number of aromatic nitrogens is 3. The molecule has 34 heavy (non-hydrogen) atoms. The molecule has 1 aromatic carbocycles. The van der Waals surface area contributed by atoms with Gasteiger partial charge in [-0.1, -0.05) is 6.07 Å². The van der Waals surface area contributed by atoms with Crippen molar-refractivity contribution in [2.45, 2.75) is 40.3 Å². The number of nitriles is 1. The van der Waals surface area contributed by atoms with Crippen LogP contribution in [-0.4, -0.2) is 39.9 Å². The van der Waals surface area contributed by atoms with Crippen LogP contribution in [0.1, 0.15) is 61.2 Å². The smallest absolute Gasteiger partial charge is 0.359 e. The van der Waals surface area contributed by atoms with Crippen molar-refractivity contribution in [1.29, 1.82) is 5.26 Å². The summed E-state index contributed by atoms with van der Waals surface area (Å²) >= 11 is 0. The molecule has 0 amide bonds. The number of carbonyl (C=O) groups excluding carboxylic acids is 2. The van der Waals surface area contributed by atoms with E-state index in [1.165, 1.54) is 10.9 Å². The van der Waals surface area contributed by atoms with Crippen molar-refractivity contribution >= 4 is 11.9 Å². The van der Waals surface area contributed by atoms with E-state index in [9.17, 15) is 9.59 Å². The van der Waals surface area contributed by atoms with Gasteiger partial charge in [-0.2, -0.15) is 10.4 Å². The van der Waals surface area contributed by atoms with Crippen molar-refractivity contribution in [2.75, 3.05) is 13.2 Å². The first kappa shape index (κ1) is 23.1. The lowest BCUT2D eigenvalue weighted by molar-refractivity contribution is 0.0513. The number of aryl methyl sites for hydroxylation is 1. The molecule has 0 atom stereocenters. The average molecular weight is 460 g/mol. The zero-order valence-corrected chi connectivity index (χ0v) is 19.3. The van der Waals surface area contributed by atoms with E-state index < -0.39 is 5.97 Å². The molecule has 0 fully saturated rings. The van der Waals surface area contributed by atoms with Crippen LogP contribution in [0, 0.1) is 25.2 Å². The van der Waals surface area contributed by atoms with Crippen molar-refractivity contribution in [3.63, 3.8) is 0 Å². The lowest BCUT2D eigenvalue weighted by Crippen LogP contribution is -2.19. The van der Waals surface area contributed by atoms with E-state index in [-0.39, 0.29) is 18.3 Å². The average Bonchev–Trinajstić information content (AvgIpc) is 3.42. The van der Waals surface area contributed by atoms with Gasteiger partial charge in [-0.25, -0.2) is 19.3 Å². The Labute approximate surface area is 197 Å². The first-order valence-corrected chi connectivity index (χ1v) is 11.0. The van der Waals surface area contributed by atoms with Crippen LogP contribution in [0.2, 0.25) is 0 Å². The summed E-state index contributed by atoms with van der Waals surface area (Å²) in [6.07, 6.45) is 4.00. The molecule has 1 N–H and O–H groups in total. The van der Waals surface area contributed by atoms with Gasteiger partial charge < -0.3 is 14.8 Å². The highest BCUT2D eigenvalue weighted by molar-refractivity contribution is 5.94. The molecule has 9 nitrogen and oxygen atoms in total. The van der Waals surface area contributed by atoms with Crippen molar-refractivity contribution in [2.24, 2.45) is 0 Å². The predicted molar refractivity (Wildman–Crippen MR) is 122 cm³/mol. The van der Waals surface area contributed by atoms with E-state index in [0.29, 0.717) is 42.2 Å². The van der Waals surface area contributed by atoms with Crippen molar-refractivity contribution in [3.05, 3.63) is 75.2 Å². The number of pyridine rings is 1. The van der Waals surface area contributed by atoms with E-state index >= 15 is 0 Å². The maximum absolute atomic E-state index is 12.5. The lowest BCUT2D eigenvalue weighted by Gasteiger charge is -2.10. The van der Waals surface area contributed by atoms with Gasteiger partial charge in [0, 0.05) is 30.1 Å². The molecule has 0 unspecified atom stereocenters. The SMILES string of the molecule is CCOC(=O)c1nn(-c2cc(C)c(C#N)cn2)cc1CNCCc1ccc2c(c1C)COC2=O. The number of fused-ring (bicyclic) bond motifs is 1. The predicted octanol–water partition coefficient (Wildman–Crippen LogP) is 2.94. The number of carbonyl (C=O) groups is 2. The quantitative estimate of drug-likeness (QED) is 0.403. The standard InChI is InChI=1S/C25H25N5O4/c1-4-33-25(32)23-19(13-30(29-23)22-9-15(2)18(10-26)12-28-22)11-27-8-7-17-5-6-20-21(16(17)3)14-34-24(20)31/h5-6,9,12-13,27H,4,7-8,11,14H2,1-3H3. The molecule has 9 heteroatoms. The Morgan fingerprint density at radius 3 is 2.88 bits per heavy atom. The number of cyclic esters (lactones) is 1. The second kappa shape index (κ2) is 9.85. The van der Waals surface area contributed by atoms with Crippen LogP contribution in [0.5, 0.6) is 0 Å². The molecule has 1 aliphatic heterocycles. The van der Waals surface area contributed by atoms with E-state index in [1.54, 1.807) is 19.2 Å². The molecule has 1 aliphatic rings. The molecular formula is C25H25N5O4. The van der Waals surface area contributed by atoms with Crippen LogP contribution in [0.4, 0.5) is 0 Å². The highest BCUT2D eigenvalue weighted by Gasteiger charge is 2.24. The second-order valence-electron chi connectivity index (χ2n) is 8.02. The monoisotopic (exact) mass is 459 g/mol. The van der Waals surface area contributed by atoms with Gasteiger partial charge in [-0.15, -0.1) is 0 Å². The number of nitrogens with zero attached hydrogens (tertiary/aromatic N) is 4. The number of ether oxygens (including phenoxy) is 2. The molecule has 0 bridgehead atoms. The fraction of sp³-hybridized carbons (Fsp3) is 0.320. The van der Waals surface area contributed by atoms with Crippen LogP contribution >= 0.6 is 0 Å². The summed E-state index contributed by atoms with van der Waals surface area (Å²) in [4.78, 5) is 28.5. The van der Waals surface area contributed by atoms with Crippen molar-refractivity contribution < 1.29 is 19.1 Å². The highest BCUT2D eigenvalue weighted by Crippen LogP contribution is 2.26. The molecule has 0 spiro atoms. The van der Waals surface area contributed by atoms with E-state index in [2.05, 4.69) is 21.5 Å². The Bertz CT molecular complexity index is 1310. The molecule has 0 aliphatic carbocycles. The number of hydrogen-bond acceptors (Lipinski definition) is 8. The van der Waals surface area contributed by atoms with Crippen LogP contribution in [0.25, 0.3) is 5.82 Å². The maximum Gasteiger partial charge on any atom is 0.359 e. The van der Waals surface area contributed by atoms with E-state index in [4.69, 9.17) is 14.7 Å². The van der Waals surface area contributed by atoms with Crippen molar-refractivity contribution in [3.8, 4) is 11.9 Å². The third kappa shape index (κ3) is 4.54. The maximum atomic E-state index is 12.5. The fourth-order valence-electron chi connectivity index (χ4n) is 3.93. The van der Waals surface area contributed by atoms with Gasteiger partial charge in [0.1, 0.15) is 12.7 Å². The largest absolute Gasteiger partial charge is 0.461 e. The molecule has 0 radical (unpaired) electrons. The van der Waals surface area contributed by atoms with Gasteiger partial charge in [0.25, 0.3) is 0 Å². The number of nitrogens with one attached hydrogen (secondary N) is 1. The molecule has 174 valence electrons. The Kier molecular flexibility index (Phi) is 6.70. The summed E-state index contributed by atoms with van der Waals surface area (Å²) in [7, 11) is 0. The van der Waals surface area contributed by atoms with Crippen molar-refractivity contribution in [1.82, 2.24) is 20.1 Å². The third-order valence-corrected chi connectivity index (χ3v) is 5.88. The van der Waals surface area contributed by atoms with Gasteiger partial charge >= 0.3 is 11.9 Å². The van der Waals surface area contributed by atoms with E-state index in [0.717, 1.165) is 28.7 Å². The summed E-state index contributed by atoms with van der Waals surface area (Å²) in [6, 6.07) is 7.63. The molecule has 2 aromatic heterocycles. The second-order valence-corrected chi connectivity index (χ2v) is 8.02. The minimum atomic E-state index is -0.498. The molecule has 3 aromatic rings. The Morgan fingerprint density at radius 2 is 2.15 bits per heavy atom. The zero-order chi connectivity index (χ0) is 24.2. The van der Waals surface area contributed by atoms with E-state index in [1.807, 2.05) is 26.0 Å². The minimum Gasteiger partial charge on any atom is -0.461 e.